The third-order valence-electron chi connectivity index (χ3n) is 2.64. The monoisotopic (exact) mass is 419 g/mol. The van der Waals surface area contributed by atoms with E-state index < -0.39 is 18.3 Å². The summed E-state index contributed by atoms with van der Waals surface area (Å²) in [4.78, 5) is 0. The normalized spacial score (nSPS) is 14.8. The van der Waals surface area contributed by atoms with Gasteiger partial charge in [-0.15, -0.1) is 0 Å². The summed E-state index contributed by atoms with van der Waals surface area (Å²) in [5.41, 5.74) is 5.50. The molecule has 1 rings (SSSR count). The second kappa shape index (κ2) is 7.00. The van der Waals surface area contributed by atoms with Crippen LogP contribution in [0.4, 0.5) is 13.2 Å². The number of nitrogens with two attached hydrogens (primary N) is 1. The molecule has 2 unspecified atom stereocenters. The summed E-state index contributed by atoms with van der Waals surface area (Å²) in [5.74, 6) is 0.525. The largest absolute Gasteiger partial charge is 0.496 e. The first kappa shape index (κ1) is 17.6. The van der Waals surface area contributed by atoms with Gasteiger partial charge >= 0.3 is 6.18 Å². The van der Waals surface area contributed by atoms with Gasteiger partial charge in [-0.05, 0) is 50.4 Å². The summed E-state index contributed by atoms with van der Waals surface area (Å²) in [6.07, 6.45) is -6.45. The highest BCUT2D eigenvalue weighted by molar-refractivity contribution is 9.11. The van der Waals surface area contributed by atoms with Crippen LogP contribution >= 0.6 is 31.9 Å². The van der Waals surface area contributed by atoms with E-state index in [0.29, 0.717) is 14.7 Å². The predicted octanol–water partition coefficient (Wildman–Crippen LogP) is 4.27. The average molecular weight is 421 g/mol. The number of methoxy groups -OCH3 is 1. The fraction of sp³-hybridized carbons (Fsp3) is 0.500. The fourth-order valence-corrected chi connectivity index (χ4v) is 2.40. The molecular formula is C12H14Br2F3NO2. The van der Waals surface area contributed by atoms with Gasteiger partial charge in [0.15, 0.2) is 0 Å². The zero-order chi connectivity index (χ0) is 15.5. The maximum absolute atomic E-state index is 13.0. The van der Waals surface area contributed by atoms with Crippen LogP contribution in [-0.4, -0.2) is 25.4 Å². The van der Waals surface area contributed by atoms with E-state index >= 15 is 0 Å². The molecule has 2 atom stereocenters. The van der Waals surface area contributed by atoms with Crippen LogP contribution in [0.3, 0.4) is 0 Å². The van der Waals surface area contributed by atoms with Gasteiger partial charge in [-0.2, -0.15) is 13.2 Å². The van der Waals surface area contributed by atoms with Crippen LogP contribution in [0, 0.1) is 0 Å². The van der Waals surface area contributed by atoms with Crippen LogP contribution < -0.4 is 15.2 Å². The Morgan fingerprint density at radius 1 is 1.20 bits per heavy atom. The SMILES string of the molecule is CCC(N)C(Oc1cc(Br)c(OC)cc1Br)C(F)(F)F. The number of ether oxygens (including phenoxy) is 2. The van der Waals surface area contributed by atoms with Crippen molar-refractivity contribution in [3.8, 4) is 11.5 Å². The number of halogens is 5. The Morgan fingerprint density at radius 3 is 2.15 bits per heavy atom. The van der Waals surface area contributed by atoms with E-state index in [2.05, 4.69) is 31.9 Å². The number of hydrogen-bond acceptors (Lipinski definition) is 3. The lowest BCUT2D eigenvalue weighted by molar-refractivity contribution is -0.201. The zero-order valence-corrected chi connectivity index (χ0v) is 14.0. The standard InChI is InChI=1S/C12H14Br2F3NO2/c1-3-8(18)11(12(15,16)17)20-10-5-6(13)9(19-2)4-7(10)14/h4-5,8,11H,3,18H2,1-2H3. The Bertz CT molecular complexity index is 469. The molecule has 0 bridgehead atoms. The van der Waals surface area contributed by atoms with E-state index in [9.17, 15) is 13.2 Å². The molecule has 0 aliphatic heterocycles. The maximum atomic E-state index is 13.0. The molecular weight excluding hydrogens is 407 g/mol. The number of hydrogen-bond donors (Lipinski definition) is 1. The minimum absolute atomic E-state index is 0.0453. The fourth-order valence-electron chi connectivity index (χ4n) is 1.50. The van der Waals surface area contributed by atoms with Crippen LogP contribution in [0.2, 0.25) is 0 Å². The molecule has 3 nitrogen and oxygen atoms in total. The highest BCUT2D eigenvalue weighted by atomic mass is 79.9. The van der Waals surface area contributed by atoms with Crippen LogP contribution in [0.1, 0.15) is 13.3 Å². The van der Waals surface area contributed by atoms with Crippen molar-refractivity contribution in [3.63, 3.8) is 0 Å². The Hall–Kier alpha value is -0.470. The topological polar surface area (TPSA) is 44.5 Å². The quantitative estimate of drug-likeness (QED) is 0.773. The maximum Gasteiger partial charge on any atom is 0.426 e. The molecule has 0 aromatic heterocycles. The first-order valence-corrected chi connectivity index (χ1v) is 7.31. The van der Waals surface area contributed by atoms with Crippen molar-refractivity contribution in [2.45, 2.75) is 31.7 Å². The van der Waals surface area contributed by atoms with E-state index in [0.717, 1.165) is 0 Å². The lowest BCUT2D eigenvalue weighted by Crippen LogP contribution is -2.48. The van der Waals surface area contributed by atoms with Crippen LogP contribution in [0.5, 0.6) is 11.5 Å². The molecule has 0 amide bonds. The average Bonchev–Trinajstić information content (AvgIpc) is 2.36. The minimum atomic E-state index is -4.54. The molecule has 0 spiro atoms. The predicted molar refractivity (Wildman–Crippen MR) is 77.1 cm³/mol. The highest BCUT2D eigenvalue weighted by Crippen LogP contribution is 2.38. The Balaban J connectivity index is 3.09. The number of rotatable bonds is 5. The van der Waals surface area contributed by atoms with Crippen molar-refractivity contribution >= 4 is 31.9 Å². The van der Waals surface area contributed by atoms with E-state index in [-0.39, 0.29) is 12.2 Å². The van der Waals surface area contributed by atoms with Gasteiger partial charge in [0.1, 0.15) is 11.5 Å². The van der Waals surface area contributed by atoms with Crippen LogP contribution in [-0.2, 0) is 0 Å². The first-order valence-electron chi connectivity index (χ1n) is 5.72. The number of benzene rings is 1. The third-order valence-corrected chi connectivity index (χ3v) is 3.88. The van der Waals surface area contributed by atoms with Crippen molar-refractivity contribution < 1.29 is 22.6 Å². The highest BCUT2D eigenvalue weighted by Gasteiger charge is 2.45. The van der Waals surface area contributed by atoms with Crippen molar-refractivity contribution in [3.05, 3.63) is 21.1 Å². The second-order valence-electron chi connectivity index (χ2n) is 4.07. The Kier molecular flexibility index (Phi) is 6.15. The van der Waals surface area contributed by atoms with Gasteiger partial charge in [0.05, 0.1) is 22.1 Å². The van der Waals surface area contributed by atoms with Crippen LogP contribution in [0.25, 0.3) is 0 Å². The minimum Gasteiger partial charge on any atom is -0.496 e. The number of alkyl halides is 3. The molecule has 0 heterocycles. The lowest BCUT2D eigenvalue weighted by atomic mass is 10.1. The van der Waals surface area contributed by atoms with Gasteiger partial charge in [-0.1, -0.05) is 6.92 Å². The lowest BCUT2D eigenvalue weighted by Gasteiger charge is -2.27. The molecule has 1 aromatic carbocycles. The zero-order valence-electron chi connectivity index (χ0n) is 10.8. The third kappa shape index (κ3) is 4.26. The summed E-state index contributed by atoms with van der Waals surface area (Å²) < 4.78 is 49.8. The van der Waals surface area contributed by atoms with Crippen molar-refractivity contribution in [2.24, 2.45) is 5.73 Å². The van der Waals surface area contributed by atoms with E-state index in [4.69, 9.17) is 15.2 Å². The van der Waals surface area contributed by atoms with Crippen molar-refractivity contribution in [1.29, 1.82) is 0 Å². The molecule has 0 saturated heterocycles. The van der Waals surface area contributed by atoms with Crippen LogP contribution in [0.15, 0.2) is 21.1 Å². The molecule has 0 radical (unpaired) electrons. The van der Waals surface area contributed by atoms with Gasteiger partial charge in [0.25, 0.3) is 0 Å². The molecule has 20 heavy (non-hydrogen) atoms. The molecule has 1 aromatic rings. The summed E-state index contributed by atoms with van der Waals surface area (Å²) >= 11 is 6.35. The van der Waals surface area contributed by atoms with Gasteiger partial charge in [0, 0.05) is 0 Å². The van der Waals surface area contributed by atoms with Gasteiger partial charge in [-0.3, -0.25) is 0 Å². The second-order valence-corrected chi connectivity index (χ2v) is 5.78. The van der Waals surface area contributed by atoms with E-state index in [1.165, 1.54) is 19.2 Å². The molecule has 8 heteroatoms. The molecule has 2 N–H and O–H groups in total. The Labute approximate surface area is 131 Å². The molecule has 114 valence electrons. The Morgan fingerprint density at radius 2 is 1.70 bits per heavy atom. The summed E-state index contributed by atoms with van der Waals surface area (Å²) in [6, 6.07) is 1.79. The van der Waals surface area contributed by atoms with E-state index in [1.54, 1.807) is 6.92 Å². The summed E-state index contributed by atoms with van der Waals surface area (Å²) in [7, 11) is 1.46. The first-order chi connectivity index (χ1) is 9.20. The smallest absolute Gasteiger partial charge is 0.426 e. The van der Waals surface area contributed by atoms with Crippen molar-refractivity contribution in [1.82, 2.24) is 0 Å². The van der Waals surface area contributed by atoms with E-state index in [1.807, 2.05) is 0 Å². The molecule has 0 fully saturated rings. The summed E-state index contributed by atoms with van der Waals surface area (Å²) in [6.45, 7) is 1.58. The van der Waals surface area contributed by atoms with Gasteiger partial charge < -0.3 is 15.2 Å². The molecule has 0 aliphatic rings. The van der Waals surface area contributed by atoms with Crippen molar-refractivity contribution in [2.75, 3.05) is 7.11 Å². The molecule has 0 aliphatic carbocycles. The van der Waals surface area contributed by atoms with Gasteiger partial charge in [-0.25, -0.2) is 0 Å². The van der Waals surface area contributed by atoms with Gasteiger partial charge in [0.2, 0.25) is 6.10 Å². The molecule has 0 saturated carbocycles. The summed E-state index contributed by atoms with van der Waals surface area (Å²) in [5, 5.41) is 0.